The van der Waals surface area contributed by atoms with Crippen molar-refractivity contribution in [2.24, 2.45) is 0 Å². The van der Waals surface area contributed by atoms with Gasteiger partial charge in [-0.3, -0.25) is 0 Å². The van der Waals surface area contributed by atoms with E-state index in [-0.39, 0.29) is 0 Å². The summed E-state index contributed by atoms with van der Waals surface area (Å²) < 4.78 is 15.6. The molecule has 12 aromatic rings. The van der Waals surface area contributed by atoms with Crippen molar-refractivity contribution >= 4 is 66.4 Å². The van der Waals surface area contributed by atoms with Gasteiger partial charge in [0.2, 0.25) is 0 Å². The SMILES string of the molecule is c1ccc(-c2nc(-c3ccc(-c4ccc5c(c4)nc(-c4ccccc4)c4ccc6nsnc6c45)cc3)cc(-c3ccc(-c4cccc5c4oc4ccccc45)cc3)n2)cc1. The molecule has 0 spiro atoms. The van der Waals surface area contributed by atoms with Crippen LogP contribution < -0.4 is 0 Å². The van der Waals surface area contributed by atoms with Gasteiger partial charge in [0.05, 0.1) is 34.3 Å². The Morgan fingerprint density at radius 1 is 0.383 bits per heavy atom. The van der Waals surface area contributed by atoms with E-state index in [1.807, 2.05) is 42.5 Å². The van der Waals surface area contributed by atoms with E-state index in [0.717, 1.165) is 116 Å². The third-order valence-corrected chi connectivity index (χ3v) is 11.9. The Labute approximate surface area is 348 Å². The van der Waals surface area contributed by atoms with E-state index in [2.05, 4.69) is 150 Å². The molecule has 0 amide bonds. The first-order valence-electron chi connectivity index (χ1n) is 19.8. The summed E-state index contributed by atoms with van der Waals surface area (Å²) in [5.74, 6) is 0.676. The number of nitrogens with zero attached hydrogens (tertiary/aromatic N) is 5. The summed E-state index contributed by atoms with van der Waals surface area (Å²) in [6.45, 7) is 0. The Bertz CT molecular complexity index is 3580. The van der Waals surface area contributed by atoms with E-state index in [9.17, 15) is 0 Å². The zero-order valence-corrected chi connectivity index (χ0v) is 32.8. The zero-order chi connectivity index (χ0) is 39.6. The number of rotatable bonds is 6. The molecule has 0 saturated carbocycles. The van der Waals surface area contributed by atoms with Crippen molar-refractivity contribution in [2.75, 3.05) is 0 Å². The number of furan rings is 1. The molecule has 0 fully saturated rings. The average Bonchev–Trinajstić information content (AvgIpc) is 3.97. The Balaban J connectivity index is 0.923. The van der Waals surface area contributed by atoms with Gasteiger partial charge in [-0.2, -0.15) is 8.75 Å². The van der Waals surface area contributed by atoms with Crippen LogP contribution in [-0.2, 0) is 0 Å². The van der Waals surface area contributed by atoms with Crippen LogP contribution in [0.5, 0.6) is 0 Å². The molecule has 6 nitrogen and oxygen atoms in total. The van der Waals surface area contributed by atoms with Crippen LogP contribution in [0.15, 0.2) is 192 Å². The van der Waals surface area contributed by atoms with Crippen molar-refractivity contribution in [3.05, 3.63) is 188 Å². The van der Waals surface area contributed by atoms with Gasteiger partial charge in [-0.05, 0) is 47.0 Å². The van der Waals surface area contributed by atoms with Gasteiger partial charge in [-0.25, -0.2) is 15.0 Å². The maximum atomic E-state index is 6.36. The Kier molecular flexibility index (Phi) is 7.92. The predicted molar refractivity (Wildman–Crippen MR) is 246 cm³/mol. The van der Waals surface area contributed by atoms with Gasteiger partial charge < -0.3 is 4.42 Å². The minimum Gasteiger partial charge on any atom is -0.455 e. The van der Waals surface area contributed by atoms with E-state index in [1.54, 1.807) is 0 Å². The number of para-hydroxylation sites is 2. The first-order chi connectivity index (χ1) is 29.7. The molecule has 7 heteroatoms. The molecule has 0 unspecified atom stereocenters. The molecule has 0 aliphatic heterocycles. The summed E-state index contributed by atoms with van der Waals surface area (Å²) >= 11 is 1.24. The third-order valence-electron chi connectivity index (χ3n) is 11.4. The molecule has 4 heterocycles. The maximum absolute atomic E-state index is 6.36. The number of pyridine rings is 1. The lowest BCUT2D eigenvalue weighted by molar-refractivity contribution is 0.670. The normalized spacial score (nSPS) is 11.7. The lowest BCUT2D eigenvalue weighted by Crippen LogP contribution is -1.96. The Hall–Kier alpha value is -7.87. The maximum Gasteiger partial charge on any atom is 0.160 e. The summed E-state index contributed by atoms with van der Waals surface area (Å²) in [5.41, 5.74) is 15.5. The van der Waals surface area contributed by atoms with Gasteiger partial charge in [0.15, 0.2) is 5.82 Å². The summed E-state index contributed by atoms with van der Waals surface area (Å²) in [5, 5.41) is 5.45. The first-order valence-corrected chi connectivity index (χ1v) is 20.6. The van der Waals surface area contributed by atoms with E-state index in [4.69, 9.17) is 23.7 Å². The second-order valence-corrected chi connectivity index (χ2v) is 15.5. The van der Waals surface area contributed by atoms with Gasteiger partial charge in [0.1, 0.15) is 22.2 Å². The first kappa shape index (κ1) is 34.2. The second-order valence-electron chi connectivity index (χ2n) is 14.9. The molecule has 280 valence electrons. The van der Waals surface area contributed by atoms with Crippen molar-refractivity contribution in [1.82, 2.24) is 23.7 Å². The van der Waals surface area contributed by atoms with Crippen LogP contribution in [0, 0.1) is 0 Å². The van der Waals surface area contributed by atoms with Crippen LogP contribution in [0.25, 0.3) is 122 Å². The minimum atomic E-state index is 0.676. The minimum absolute atomic E-state index is 0.676. The van der Waals surface area contributed by atoms with Gasteiger partial charge in [0.25, 0.3) is 0 Å². The Morgan fingerprint density at radius 3 is 1.78 bits per heavy atom. The molecule has 0 saturated heterocycles. The van der Waals surface area contributed by atoms with Crippen molar-refractivity contribution < 1.29 is 4.42 Å². The highest BCUT2D eigenvalue weighted by Gasteiger charge is 2.17. The molecule has 0 atom stereocenters. The molecular formula is C53H31N5OS. The van der Waals surface area contributed by atoms with Crippen molar-refractivity contribution in [1.29, 1.82) is 0 Å². The van der Waals surface area contributed by atoms with Crippen molar-refractivity contribution in [3.63, 3.8) is 0 Å². The standard InChI is InChI=1S/C53H31N5OS/c1-3-10-36(11-4-1)50-43-28-29-44-51(58-60-57-44)49(43)42-27-26-38(30-47(42)54-50)32-18-22-34(23-19-32)45-31-46(56-53(55-45)37-12-5-2-6-13-37)35-24-20-33(21-25-35)39-15-9-16-41-40-14-7-8-17-48(40)59-52(39)41/h1-31H. The summed E-state index contributed by atoms with van der Waals surface area (Å²) in [7, 11) is 0. The molecule has 4 aromatic heterocycles. The van der Waals surface area contributed by atoms with Crippen LogP contribution in [0.4, 0.5) is 0 Å². The molecular weight excluding hydrogens is 755 g/mol. The molecule has 60 heavy (non-hydrogen) atoms. The molecule has 12 rings (SSSR count). The highest BCUT2D eigenvalue weighted by atomic mass is 32.1. The van der Waals surface area contributed by atoms with Crippen LogP contribution in [0.2, 0.25) is 0 Å². The number of aromatic nitrogens is 5. The molecule has 0 bridgehead atoms. The largest absolute Gasteiger partial charge is 0.455 e. The lowest BCUT2D eigenvalue weighted by atomic mass is 9.96. The smallest absolute Gasteiger partial charge is 0.160 e. The summed E-state index contributed by atoms with van der Waals surface area (Å²) in [6.07, 6.45) is 0. The van der Waals surface area contributed by atoms with Crippen LogP contribution >= 0.6 is 11.7 Å². The second kappa shape index (κ2) is 13.9. The van der Waals surface area contributed by atoms with Crippen molar-refractivity contribution in [3.8, 4) is 67.4 Å². The van der Waals surface area contributed by atoms with E-state index < -0.39 is 0 Å². The van der Waals surface area contributed by atoms with Gasteiger partial charge in [-0.1, -0.05) is 158 Å². The molecule has 8 aromatic carbocycles. The lowest BCUT2D eigenvalue weighted by Gasteiger charge is -2.12. The monoisotopic (exact) mass is 785 g/mol. The van der Waals surface area contributed by atoms with Crippen LogP contribution in [0.3, 0.4) is 0 Å². The fourth-order valence-electron chi connectivity index (χ4n) is 8.42. The molecule has 0 radical (unpaired) electrons. The highest BCUT2D eigenvalue weighted by molar-refractivity contribution is 7.00. The van der Waals surface area contributed by atoms with E-state index in [1.165, 1.54) is 11.7 Å². The summed E-state index contributed by atoms with van der Waals surface area (Å²) in [4.78, 5) is 15.5. The van der Waals surface area contributed by atoms with Crippen molar-refractivity contribution in [2.45, 2.75) is 0 Å². The van der Waals surface area contributed by atoms with Gasteiger partial charge in [-0.15, -0.1) is 0 Å². The molecule has 0 aliphatic carbocycles. The van der Waals surface area contributed by atoms with Crippen LogP contribution in [-0.4, -0.2) is 23.7 Å². The Morgan fingerprint density at radius 2 is 1.02 bits per heavy atom. The highest BCUT2D eigenvalue weighted by Crippen LogP contribution is 2.39. The van der Waals surface area contributed by atoms with Gasteiger partial charge in [0, 0.05) is 54.7 Å². The molecule has 0 N–H and O–H groups in total. The van der Waals surface area contributed by atoms with E-state index in [0.29, 0.717) is 5.82 Å². The fraction of sp³-hybridized carbons (Fsp3) is 0. The van der Waals surface area contributed by atoms with Gasteiger partial charge >= 0.3 is 0 Å². The van der Waals surface area contributed by atoms with Crippen LogP contribution in [0.1, 0.15) is 0 Å². The topological polar surface area (TPSA) is 77.6 Å². The zero-order valence-electron chi connectivity index (χ0n) is 32.0. The number of hydrogen-bond donors (Lipinski definition) is 0. The fourth-order valence-corrected chi connectivity index (χ4v) is 8.96. The van der Waals surface area contributed by atoms with E-state index >= 15 is 0 Å². The summed E-state index contributed by atoms with van der Waals surface area (Å²) in [6, 6.07) is 65.0. The number of hydrogen-bond acceptors (Lipinski definition) is 7. The molecule has 0 aliphatic rings. The quantitative estimate of drug-likeness (QED) is 0.156. The predicted octanol–water partition coefficient (Wildman–Crippen LogP) is 14.1. The average molecular weight is 786 g/mol. The number of fused-ring (bicyclic) bond motifs is 8. The third kappa shape index (κ3) is 5.74. The number of benzene rings is 8.